The van der Waals surface area contributed by atoms with E-state index in [9.17, 15) is 0 Å². The first kappa shape index (κ1) is 15.2. The molecular formula is C16H27NO. The van der Waals surface area contributed by atoms with E-state index in [0.717, 1.165) is 13.0 Å². The summed E-state index contributed by atoms with van der Waals surface area (Å²) in [5, 5.41) is 3.44. The summed E-state index contributed by atoms with van der Waals surface area (Å²) in [6.45, 7) is 7.66. The van der Waals surface area contributed by atoms with E-state index in [1.54, 1.807) is 7.11 Å². The third-order valence-corrected chi connectivity index (χ3v) is 3.82. The van der Waals surface area contributed by atoms with E-state index in [2.05, 4.69) is 50.4 Å². The molecule has 0 aliphatic rings. The molecule has 2 atom stereocenters. The molecule has 0 aliphatic carbocycles. The van der Waals surface area contributed by atoms with E-state index in [-0.39, 0.29) is 0 Å². The van der Waals surface area contributed by atoms with Gasteiger partial charge in [-0.2, -0.15) is 0 Å². The van der Waals surface area contributed by atoms with Gasteiger partial charge in [0.25, 0.3) is 0 Å². The minimum atomic E-state index is 0.432. The van der Waals surface area contributed by atoms with Gasteiger partial charge in [0.05, 0.1) is 6.61 Å². The molecule has 0 fully saturated rings. The van der Waals surface area contributed by atoms with E-state index in [1.165, 1.54) is 11.1 Å². The van der Waals surface area contributed by atoms with Crippen LogP contribution in [0.4, 0.5) is 0 Å². The van der Waals surface area contributed by atoms with Crippen LogP contribution < -0.4 is 5.32 Å². The highest BCUT2D eigenvalue weighted by Gasteiger charge is 2.19. The maximum Gasteiger partial charge on any atom is 0.0502 e. The fourth-order valence-electron chi connectivity index (χ4n) is 2.23. The molecule has 0 aliphatic heterocycles. The smallest absolute Gasteiger partial charge is 0.0502 e. The molecule has 1 aromatic rings. The second kappa shape index (κ2) is 7.55. The normalized spacial score (nSPS) is 14.8. The van der Waals surface area contributed by atoms with Gasteiger partial charge in [-0.3, -0.25) is 0 Å². The number of rotatable bonds is 7. The second-order valence-corrected chi connectivity index (χ2v) is 5.35. The van der Waals surface area contributed by atoms with Crippen molar-refractivity contribution in [1.29, 1.82) is 0 Å². The minimum absolute atomic E-state index is 0.432. The molecule has 0 aromatic heterocycles. The third-order valence-electron chi connectivity index (χ3n) is 3.82. The zero-order chi connectivity index (χ0) is 13.5. The van der Waals surface area contributed by atoms with Crippen molar-refractivity contribution in [2.75, 3.05) is 20.8 Å². The van der Waals surface area contributed by atoms with Crippen molar-refractivity contribution in [1.82, 2.24) is 5.32 Å². The van der Waals surface area contributed by atoms with Crippen molar-refractivity contribution in [3.63, 3.8) is 0 Å². The molecule has 0 saturated heterocycles. The van der Waals surface area contributed by atoms with Crippen LogP contribution in [-0.2, 0) is 11.2 Å². The number of nitrogens with one attached hydrogen (secondary N) is 1. The summed E-state index contributed by atoms with van der Waals surface area (Å²) < 4.78 is 5.10. The molecule has 18 heavy (non-hydrogen) atoms. The number of hydrogen-bond acceptors (Lipinski definition) is 2. The quantitative estimate of drug-likeness (QED) is 0.799. The first-order valence-electron chi connectivity index (χ1n) is 6.85. The summed E-state index contributed by atoms with van der Waals surface area (Å²) in [5.74, 6) is 1.30. The fraction of sp³-hybridized carbons (Fsp3) is 0.625. The molecule has 2 heteroatoms. The van der Waals surface area contributed by atoms with Crippen LogP contribution in [0.15, 0.2) is 24.3 Å². The van der Waals surface area contributed by atoms with Gasteiger partial charge in [0.2, 0.25) is 0 Å². The van der Waals surface area contributed by atoms with Crippen LogP contribution >= 0.6 is 0 Å². The third kappa shape index (κ3) is 4.11. The van der Waals surface area contributed by atoms with Crippen molar-refractivity contribution in [3.8, 4) is 0 Å². The Balaban J connectivity index is 2.75. The van der Waals surface area contributed by atoms with E-state index in [0.29, 0.717) is 17.9 Å². The maximum absolute atomic E-state index is 5.10. The van der Waals surface area contributed by atoms with Gasteiger partial charge in [-0.15, -0.1) is 0 Å². The Labute approximate surface area is 112 Å². The SMILES string of the molecule is CNC(c1ccc(CCOC)cc1)C(C)C(C)C. The Kier molecular flexibility index (Phi) is 6.37. The van der Waals surface area contributed by atoms with Crippen LogP contribution in [0.2, 0.25) is 0 Å². The number of benzene rings is 1. The highest BCUT2D eigenvalue weighted by Crippen LogP contribution is 2.27. The van der Waals surface area contributed by atoms with Crippen molar-refractivity contribution < 1.29 is 4.74 Å². The van der Waals surface area contributed by atoms with Gasteiger partial charge in [-0.05, 0) is 36.4 Å². The number of ether oxygens (including phenoxy) is 1. The Hall–Kier alpha value is -0.860. The summed E-state index contributed by atoms with van der Waals surface area (Å²) in [5.41, 5.74) is 2.72. The van der Waals surface area contributed by atoms with Gasteiger partial charge in [-0.1, -0.05) is 45.0 Å². The molecule has 102 valence electrons. The van der Waals surface area contributed by atoms with Gasteiger partial charge in [0, 0.05) is 13.2 Å². The highest BCUT2D eigenvalue weighted by atomic mass is 16.5. The molecule has 1 rings (SSSR count). The lowest BCUT2D eigenvalue weighted by molar-refractivity contribution is 0.202. The largest absolute Gasteiger partial charge is 0.384 e. The molecule has 2 unspecified atom stereocenters. The molecule has 0 spiro atoms. The van der Waals surface area contributed by atoms with Crippen LogP contribution in [-0.4, -0.2) is 20.8 Å². The van der Waals surface area contributed by atoms with Gasteiger partial charge in [0.15, 0.2) is 0 Å². The van der Waals surface area contributed by atoms with Crippen molar-refractivity contribution in [2.24, 2.45) is 11.8 Å². The van der Waals surface area contributed by atoms with Crippen molar-refractivity contribution in [3.05, 3.63) is 35.4 Å². The molecule has 1 aromatic carbocycles. The molecule has 2 nitrogen and oxygen atoms in total. The Morgan fingerprint density at radius 3 is 2.17 bits per heavy atom. The van der Waals surface area contributed by atoms with Gasteiger partial charge in [-0.25, -0.2) is 0 Å². The summed E-state index contributed by atoms with van der Waals surface area (Å²) in [4.78, 5) is 0. The summed E-state index contributed by atoms with van der Waals surface area (Å²) in [6, 6.07) is 9.34. The lowest BCUT2D eigenvalue weighted by Crippen LogP contribution is -2.26. The standard InChI is InChI=1S/C16H27NO/c1-12(2)13(3)16(17-4)15-8-6-14(7-9-15)10-11-18-5/h6-9,12-13,16-17H,10-11H2,1-5H3. The summed E-state index contributed by atoms with van der Waals surface area (Å²) in [7, 11) is 3.79. The lowest BCUT2D eigenvalue weighted by atomic mass is 9.86. The van der Waals surface area contributed by atoms with Crippen LogP contribution in [0.25, 0.3) is 0 Å². The van der Waals surface area contributed by atoms with E-state index < -0.39 is 0 Å². The van der Waals surface area contributed by atoms with Crippen molar-refractivity contribution in [2.45, 2.75) is 33.2 Å². The van der Waals surface area contributed by atoms with E-state index >= 15 is 0 Å². The predicted octanol–water partition coefficient (Wildman–Crippen LogP) is 3.43. The van der Waals surface area contributed by atoms with Gasteiger partial charge >= 0.3 is 0 Å². The lowest BCUT2D eigenvalue weighted by Gasteiger charge is -2.27. The molecule has 0 saturated carbocycles. The molecule has 0 amide bonds. The average Bonchev–Trinajstić information content (AvgIpc) is 2.38. The maximum atomic E-state index is 5.10. The van der Waals surface area contributed by atoms with E-state index in [4.69, 9.17) is 4.74 Å². The molecule has 0 bridgehead atoms. The fourth-order valence-corrected chi connectivity index (χ4v) is 2.23. The minimum Gasteiger partial charge on any atom is -0.384 e. The van der Waals surface area contributed by atoms with Crippen LogP contribution in [0.3, 0.4) is 0 Å². The van der Waals surface area contributed by atoms with Crippen LogP contribution in [0.5, 0.6) is 0 Å². The summed E-state index contributed by atoms with van der Waals surface area (Å²) >= 11 is 0. The summed E-state index contributed by atoms with van der Waals surface area (Å²) in [6.07, 6.45) is 0.987. The van der Waals surface area contributed by atoms with Crippen molar-refractivity contribution >= 4 is 0 Å². The molecule has 0 radical (unpaired) electrons. The highest BCUT2D eigenvalue weighted by molar-refractivity contribution is 5.25. The monoisotopic (exact) mass is 249 g/mol. The Morgan fingerprint density at radius 2 is 1.72 bits per heavy atom. The Bertz CT molecular complexity index is 331. The topological polar surface area (TPSA) is 21.3 Å². The zero-order valence-corrected chi connectivity index (χ0v) is 12.4. The van der Waals surface area contributed by atoms with Crippen LogP contribution in [0, 0.1) is 11.8 Å². The predicted molar refractivity (Wildman–Crippen MR) is 77.8 cm³/mol. The average molecular weight is 249 g/mol. The molecular weight excluding hydrogens is 222 g/mol. The second-order valence-electron chi connectivity index (χ2n) is 5.35. The molecule has 0 heterocycles. The first-order chi connectivity index (χ1) is 8.60. The van der Waals surface area contributed by atoms with Gasteiger partial charge in [0.1, 0.15) is 0 Å². The number of hydrogen-bond donors (Lipinski definition) is 1. The Morgan fingerprint density at radius 1 is 1.11 bits per heavy atom. The van der Waals surface area contributed by atoms with E-state index in [1.807, 2.05) is 7.05 Å². The van der Waals surface area contributed by atoms with Gasteiger partial charge < -0.3 is 10.1 Å². The first-order valence-corrected chi connectivity index (χ1v) is 6.85. The number of methoxy groups -OCH3 is 1. The zero-order valence-electron chi connectivity index (χ0n) is 12.4. The van der Waals surface area contributed by atoms with Crippen LogP contribution in [0.1, 0.15) is 37.9 Å². The molecule has 1 N–H and O–H groups in total.